The minimum Gasteiger partial charge on any atom is -0.489 e. The Morgan fingerprint density at radius 2 is 1.95 bits per heavy atom. The summed E-state index contributed by atoms with van der Waals surface area (Å²) >= 11 is 3.01. The zero-order chi connectivity index (χ0) is 14.7. The molecule has 0 amide bonds. The molecule has 0 aliphatic heterocycles. The molecule has 0 saturated heterocycles. The Hall–Kier alpha value is -1.95. The SMILES string of the molecule is O=C(O)c1cc(F)ccc1COc1ccc(Br)c(F)c1. The molecule has 0 aliphatic rings. The van der Waals surface area contributed by atoms with Crippen LogP contribution in [0, 0.1) is 11.6 Å². The molecule has 0 unspecified atom stereocenters. The van der Waals surface area contributed by atoms with Crippen LogP contribution in [0.3, 0.4) is 0 Å². The molecule has 2 aromatic rings. The molecule has 2 rings (SSSR count). The van der Waals surface area contributed by atoms with E-state index >= 15 is 0 Å². The monoisotopic (exact) mass is 342 g/mol. The van der Waals surface area contributed by atoms with Crippen molar-refractivity contribution in [3.8, 4) is 5.75 Å². The summed E-state index contributed by atoms with van der Waals surface area (Å²) in [4.78, 5) is 11.0. The summed E-state index contributed by atoms with van der Waals surface area (Å²) in [7, 11) is 0. The highest BCUT2D eigenvalue weighted by Crippen LogP contribution is 2.22. The van der Waals surface area contributed by atoms with Gasteiger partial charge in [0.15, 0.2) is 0 Å². The molecule has 0 aromatic heterocycles. The van der Waals surface area contributed by atoms with E-state index in [9.17, 15) is 13.6 Å². The number of aromatic carboxylic acids is 1. The van der Waals surface area contributed by atoms with Gasteiger partial charge in [-0.2, -0.15) is 0 Å². The van der Waals surface area contributed by atoms with Crippen LogP contribution in [0.5, 0.6) is 5.75 Å². The van der Waals surface area contributed by atoms with E-state index in [1.807, 2.05) is 0 Å². The average molecular weight is 343 g/mol. The Bertz CT molecular complexity index is 659. The summed E-state index contributed by atoms with van der Waals surface area (Å²) in [6.07, 6.45) is 0. The summed E-state index contributed by atoms with van der Waals surface area (Å²) < 4.78 is 31.9. The number of hydrogen-bond acceptors (Lipinski definition) is 2. The van der Waals surface area contributed by atoms with Crippen molar-refractivity contribution in [3.05, 3.63) is 63.6 Å². The number of ether oxygens (including phenoxy) is 1. The maximum Gasteiger partial charge on any atom is 0.336 e. The Balaban J connectivity index is 2.18. The Labute approximate surface area is 121 Å². The lowest BCUT2D eigenvalue weighted by atomic mass is 10.1. The van der Waals surface area contributed by atoms with Crippen molar-refractivity contribution in [1.29, 1.82) is 0 Å². The van der Waals surface area contributed by atoms with Crippen LogP contribution < -0.4 is 4.74 Å². The smallest absolute Gasteiger partial charge is 0.336 e. The molecule has 0 bridgehead atoms. The van der Waals surface area contributed by atoms with Crippen molar-refractivity contribution in [2.45, 2.75) is 6.61 Å². The number of carboxylic acid groups (broad SMARTS) is 1. The van der Waals surface area contributed by atoms with Gasteiger partial charge in [0.2, 0.25) is 0 Å². The molecule has 0 saturated carbocycles. The second-order valence-corrected chi connectivity index (χ2v) is 4.83. The third kappa shape index (κ3) is 3.33. The van der Waals surface area contributed by atoms with Gasteiger partial charge in [-0.15, -0.1) is 0 Å². The molecule has 0 aliphatic carbocycles. The second kappa shape index (κ2) is 6.00. The molecular weight excluding hydrogens is 334 g/mol. The zero-order valence-corrected chi connectivity index (χ0v) is 11.7. The molecule has 0 radical (unpaired) electrons. The number of carboxylic acids is 1. The van der Waals surface area contributed by atoms with E-state index < -0.39 is 17.6 Å². The Morgan fingerprint density at radius 3 is 2.60 bits per heavy atom. The van der Waals surface area contributed by atoms with Gasteiger partial charge >= 0.3 is 5.97 Å². The van der Waals surface area contributed by atoms with E-state index in [2.05, 4.69) is 15.9 Å². The minimum absolute atomic E-state index is 0.0943. The molecule has 104 valence electrons. The summed E-state index contributed by atoms with van der Waals surface area (Å²) in [5.41, 5.74) is 0.129. The number of hydrogen-bond donors (Lipinski definition) is 1. The highest BCUT2D eigenvalue weighted by molar-refractivity contribution is 9.10. The van der Waals surface area contributed by atoms with E-state index in [4.69, 9.17) is 9.84 Å². The largest absolute Gasteiger partial charge is 0.489 e. The first-order valence-electron chi connectivity index (χ1n) is 5.57. The van der Waals surface area contributed by atoms with Gasteiger partial charge in [0.05, 0.1) is 10.0 Å². The molecule has 0 atom stereocenters. The van der Waals surface area contributed by atoms with Crippen molar-refractivity contribution < 1.29 is 23.4 Å². The fraction of sp³-hybridized carbons (Fsp3) is 0.0714. The van der Waals surface area contributed by atoms with Crippen LogP contribution >= 0.6 is 15.9 Å². The van der Waals surface area contributed by atoms with Crippen molar-refractivity contribution >= 4 is 21.9 Å². The first kappa shape index (κ1) is 14.5. The molecule has 2 aromatic carbocycles. The molecule has 20 heavy (non-hydrogen) atoms. The highest BCUT2D eigenvalue weighted by atomic mass is 79.9. The average Bonchev–Trinajstić information content (AvgIpc) is 2.41. The lowest BCUT2D eigenvalue weighted by Crippen LogP contribution is -2.06. The molecular formula is C14H9BrF2O3. The predicted molar refractivity (Wildman–Crippen MR) is 71.8 cm³/mol. The molecule has 1 N–H and O–H groups in total. The van der Waals surface area contributed by atoms with Crippen LogP contribution in [0.15, 0.2) is 40.9 Å². The third-order valence-corrected chi connectivity index (χ3v) is 3.23. The first-order chi connectivity index (χ1) is 9.47. The van der Waals surface area contributed by atoms with Crippen molar-refractivity contribution in [3.63, 3.8) is 0 Å². The first-order valence-corrected chi connectivity index (χ1v) is 6.36. The molecule has 0 heterocycles. The summed E-state index contributed by atoms with van der Waals surface area (Å²) in [6.45, 7) is -0.0943. The van der Waals surface area contributed by atoms with E-state index in [-0.39, 0.29) is 17.9 Å². The minimum atomic E-state index is -1.25. The van der Waals surface area contributed by atoms with Gasteiger partial charge in [-0.1, -0.05) is 6.07 Å². The molecule has 0 spiro atoms. The maximum atomic E-state index is 13.3. The van der Waals surface area contributed by atoms with E-state index in [1.165, 1.54) is 24.3 Å². The van der Waals surface area contributed by atoms with Gasteiger partial charge in [0, 0.05) is 11.6 Å². The number of benzene rings is 2. The Morgan fingerprint density at radius 1 is 1.20 bits per heavy atom. The van der Waals surface area contributed by atoms with Crippen LogP contribution in [-0.2, 0) is 6.61 Å². The van der Waals surface area contributed by atoms with Crippen LogP contribution in [-0.4, -0.2) is 11.1 Å². The van der Waals surface area contributed by atoms with E-state index in [0.29, 0.717) is 10.0 Å². The summed E-state index contributed by atoms with van der Waals surface area (Å²) in [5, 5.41) is 8.98. The summed E-state index contributed by atoms with van der Waals surface area (Å²) in [6, 6.07) is 7.59. The lowest BCUT2D eigenvalue weighted by molar-refractivity contribution is 0.0693. The predicted octanol–water partition coefficient (Wildman–Crippen LogP) is 4.00. The van der Waals surface area contributed by atoms with Crippen molar-refractivity contribution in [1.82, 2.24) is 0 Å². The highest BCUT2D eigenvalue weighted by Gasteiger charge is 2.12. The van der Waals surface area contributed by atoms with Crippen molar-refractivity contribution in [2.24, 2.45) is 0 Å². The van der Waals surface area contributed by atoms with Gasteiger partial charge in [0.25, 0.3) is 0 Å². The van der Waals surface area contributed by atoms with E-state index in [0.717, 1.165) is 12.1 Å². The zero-order valence-electron chi connectivity index (χ0n) is 10.1. The normalized spacial score (nSPS) is 10.3. The fourth-order valence-corrected chi connectivity index (χ4v) is 1.85. The van der Waals surface area contributed by atoms with Gasteiger partial charge in [-0.25, -0.2) is 13.6 Å². The quantitative estimate of drug-likeness (QED) is 0.913. The lowest BCUT2D eigenvalue weighted by Gasteiger charge is -2.09. The molecule has 0 fully saturated rings. The van der Waals surface area contributed by atoms with Gasteiger partial charge in [0.1, 0.15) is 24.0 Å². The van der Waals surface area contributed by atoms with Gasteiger partial charge in [-0.05, 0) is 40.2 Å². The van der Waals surface area contributed by atoms with Crippen LogP contribution in [0.2, 0.25) is 0 Å². The third-order valence-electron chi connectivity index (χ3n) is 2.59. The van der Waals surface area contributed by atoms with E-state index in [1.54, 1.807) is 0 Å². The van der Waals surface area contributed by atoms with Crippen LogP contribution in [0.25, 0.3) is 0 Å². The van der Waals surface area contributed by atoms with Crippen molar-refractivity contribution in [2.75, 3.05) is 0 Å². The van der Waals surface area contributed by atoms with Crippen LogP contribution in [0.1, 0.15) is 15.9 Å². The van der Waals surface area contributed by atoms with Gasteiger partial charge < -0.3 is 9.84 Å². The fourth-order valence-electron chi connectivity index (χ4n) is 1.60. The summed E-state index contributed by atoms with van der Waals surface area (Å²) in [5.74, 6) is -2.11. The Kier molecular flexibility index (Phi) is 4.34. The molecule has 6 heteroatoms. The number of halogens is 3. The number of carbonyl (C=O) groups is 1. The van der Waals surface area contributed by atoms with Crippen LogP contribution in [0.4, 0.5) is 8.78 Å². The topological polar surface area (TPSA) is 46.5 Å². The maximum absolute atomic E-state index is 13.3. The standard InChI is InChI=1S/C14H9BrF2O3/c15-12-4-3-10(6-13(12)17)20-7-8-1-2-9(16)5-11(8)14(18)19/h1-6H,7H2,(H,18,19). The molecule has 3 nitrogen and oxygen atoms in total. The number of rotatable bonds is 4. The van der Waals surface area contributed by atoms with Gasteiger partial charge in [-0.3, -0.25) is 0 Å². The second-order valence-electron chi connectivity index (χ2n) is 3.97.